The lowest BCUT2D eigenvalue weighted by molar-refractivity contribution is -0.142. The molecule has 0 radical (unpaired) electrons. The van der Waals surface area contributed by atoms with E-state index in [1.807, 2.05) is 11.8 Å². The first-order valence-corrected chi connectivity index (χ1v) is 6.31. The van der Waals surface area contributed by atoms with Crippen molar-refractivity contribution in [1.29, 1.82) is 0 Å². The number of methoxy groups -OCH3 is 1. The Morgan fingerprint density at radius 3 is 2.32 bits per heavy atom. The summed E-state index contributed by atoms with van der Waals surface area (Å²) in [5, 5.41) is 2.87. The van der Waals surface area contributed by atoms with Crippen molar-refractivity contribution in [2.45, 2.75) is 19.4 Å². The van der Waals surface area contributed by atoms with E-state index in [2.05, 4.69) is 15.0 Å². The molecule has 7 heteroatoms. The van der Waals surface area contributed by atoms with E-state index in [9.17, 15) is 9.59 Å². The summed E-state index contributed by atoms with van der Waals surface area (Å²) in [6, 6.07) is 0.166. The van der Waals surface area contributed by atoms with Gasteiger partial charge in [0.2, 0.25) is 5.91 Å². The molecule has 0 aliphatic carbocycles. The number of carbonyl (C=O) groups is 2. The number of hydrogen-bond acceptors (Lipinski definition) is 5. The third kappa shape index (κ3) is 5.76. The van der Waals surface area contributed by atoms with Crippen molar-refractivity contribution >= 4 is 24.3 Å². The SMILES string of the molecule is CNCC(=O)N1CCN(C(C)CC(=O)OC)CC1.Cl. The number of halogens is 1. The number of nitrogens with zero attached hydrogens (tertiary/aromatic N) is 2. The molecular weight excluding hydrogens is 270 g/mol. The number of ether oxygens (including phenoxy) is 1. The summed E-state index contributed by atoms with van der Waals surface area (Å²) in [5.74, 6) is -0.0473. The fourth-order valence-corrected chi connectivity index (χ4v) is 2.13. The van der Waals surface area contributed by atoms with Gasteiger partial charge in [-0.2, -0.15) is 0 Å². The minimum absolute atomic E-state index is 0. The summed E-state index contributed by atoms with van der Waals surface area (Å²) in [6.45, 7) is 5.49. The fourth-order valence-electron chi connectivity index (χ4n) is 2.13. The number of piperazine rings is 1. The van der Waals surface area contributed by atoms with Crippen molar-refractivity contribution in [3.05, 3.63) is 0 Å². The number of nitrogens with one attached hydrogen (secondary N) is 1. The molecule has 1 atom stereocenters. The van der Waals surface area contributed by atoms with Crippen LogP contribution in [0.2, 0.25) is 0 Å². The van der Waals surface area contributed by atoms with Crippen LogP contribution in [-0.2, 0) is 14.3 Å². The molecule has 0 spiro atoms. The third-order valence-corrected chi connectivity index (χ3v) is 3.31. The van der Waals surface area contributed by atoms with Crippen molar-refractivity contribution in [3.63, 3.8) is 0 Å². The van der Waals surface area contributed by atoms with Crippen LogP contribution in [0, 0.1) is 0 Å². The maximum atomic E-state index is 11.7. The topological polar surface area (TPSA) is 61.9 Å². The zero-order valence-electron chi connectivity index (χ0n) is 11.8. The third-order valence-electron chi connectivity index (χ3n) is 3.31. The molecular formula is C12H24ClN3O3. The lowest BCUT2D eigenvalue weighted by atomic mass is 10.1. The highest BCUT2D eigenvalue weighted by Gasteiger charge is 2.24. The zero-order valence-corrected chi connectivity index (χ0v) is 12.7. The molecule has 1 rings (SSSR count). The van der Waals surface area contributed by atoms with Crippen LogP contribution in [0.5, 0.6) is 0 Å². The average Bonchev–Trinajstić information content (AvgIpc) is 2.39. The van der Waals surface area contributed by atoms with Crippen molar-refractivity contribution in [1.82, 2.24) is 15.1 Å². The van der Waals surface area contributed by atoms with Crippen molar-refractivity contribution in [2.75, 3.05) is 46.9 Å². The molecule has 1 amide bonds. The monoisotopic (exact) mass is 293 g/mol. The van der Waals surface area contributed by atoms with Crippen LogP contribution in [0.4, 0.5) is 0 Å². The largest absolute Gasteiger partial charge is 0.469 e. The minimum Gasteiger partial charge on any atom is -0.469 e. The van der Waals surface area contributed by atoms with Crippen LogP contribution in [0.3, 0.4) is 0 Å². The summed E-state index contributed by atoms with van der Waals surface area (Å²) in [6.07, 6.45) is 0.404. The van der Waals surface area contributed by atoms with Gasteiger partial charge >= 0.3 is 5.97 Å². The summed E-state index contributed by atoms with van der Waals surface area (Å²) < 4.78 is 4.66. The van der Waals surface area contributed by atoms with E-state index in [1.54, 1.807) is 7.05 Å². The van der Waals surface area contributed by atoms with Gasteiger partial charge in [-0.25, -0.2) is 0 Å². The second-order valence-electron chi connectivity index (χ2n) is 4.58. The molecule has 1 heterocycles. The van der Waals surface area contributed by atoms with Gasteiger partial charge in [-0.1, -0.05) is 0 Å². The van der Waals surface area contributed by atoms with Crippen molar-refractivity contribution in [2.24, 2.45) is 0 Å². The van der Waals surface area contributed by atoms with E-state index in [-0.39, 0.29) is 30.3 Å². The highest BCUT2D eigenvalue weighted by molar-refractivity contribution is 5.85. The zero-order chi connectivity index (χ0) is 13.5. The molecule has 6 nitrogen and oxygen atoms in total. The number of esters is 1. The van der Waals surface area contributed by atoms with Crippen molar-refractivity contribution in [3.8, 4) is 0 Å². The van der Waals surface area contributed by atoms with Gasteiger partial charge in [0.15, 0.2) is 0 Å². The maximum absolute atomic E-state index is 11.7. The molecule has 1 saturated heterocycles. The Kier molecular flexibility index (Phi) is 8.71. The smallest absolute Gasteiger partial charge is 0.307 e. The van der Waals surface area contributed by atoms with E-state index < -0.39 is 0 Å². The van der Waals surface area contributed by atoms with Crippen molar-refractivity contribution < 1.29 is 14.3 Å². The van der Waals surface area contributed by atoms with Gasteiger partial charge in [-0.15, -0.1) is 12.4 Å². The van der Waals surface area contributed by atoms with E-state index in [4.69, 9.17) is 0 Å². The number of carbonyl (C=O) groups excluding carboxylic acids is 2. The first-order valence-electron chi connectivity index (χ1n) is 6.31. The highest BCUT2D eigenvalue weighted by Crippen LogP contribution is 2.09. The maximum Gasteiger partial charge on any atom is 0.307 e. The summed E-state index contributed by atoms with van der Waals surface area (Å²) in [7, 11) is 3.18. The number of hydrogen-bond donors (Lipinski definition) is 1. The average molecular weight is 294 g/mol. The Bertz CT molecular complexity index is 294. The van der Waals surface area contributed by atoms with Crippen LogP contribution < -0.4 is 5.32 Å². The van der Waals surface area contributed by atoms with E-state index in [0.717, 1.165) is 26.2 Å². The number of likely N-dealkylation sites (N-methyl/N-ethyl adjacent to an activating group) is 1. The predicted octanol–water partition coefficient (Wildman–Crippen LogP) is -0.277. The molecule has 1 fully saturated rings. The molecule has 1 N–H and O–H groups in total. The van der Waals surface area contributed by atoms with Crippen LogP contribution in [0.1, 0.15) is 13.3 Å². The highest BCUT2D eigenvalue weighted by atomic mass is 35.5. The standard InChI is InChI=1S/C12H23N3O3.ClH/c1-10(8-12(17)18-3)14-4-6-15(7-5-14)11(16)9-13-2;/h10,13H,4-9H2,1-3H3;1H. The summed E-state index contributed by atoms with van der Waals surface area (Å²) in [5.41, 5.74) is 0. The normalized spacial score (nSPS) is 17.5. The second kappa shape index (κ2) is 9.12. The van der Waals surface area contributed by atoms with Crippen LogP contribution in [-0.4, -0.2) is 74.6 Å². The van der Waals surface area contributed by atoms with Gasteiger partial charge in [0, 0.05) is 32.2 Å². The lowest BCUT2D eigenvalue weighted by Gasteiger charge is -2.37. The molecule has 0 saturated carbocycles. The van der Waals surface area contributed by atoms with E-state index >= 15 is 0 Å². The van der Waals surface area contributed by atoms with Gasteiger partial charge in [-0.3, -0.25) is 14.5 Å². The van der Waals surface area contributed by atoms with Gasteiger partial charge in [-0.05, 0) is 14.0 Å². The van der Waals surface area contributed by atoms with Gasteiger partial charge in [0.05, 0.1) is 20.1 Å². The predicted molar refractivity (Wildman–Crippen MR) is 75.4 cm³/mol. The second-order valence-corrected chi connectivity index (χ2v) is 4.58. The van der Waals surface area contributed by atoms with Crippen LogP contribution >= 0.6 is 12.4 Å². The summed E-state index contributed by atoms with van der Waals surface area (Å²) >= 11 is 0. The summed E-state index contributed by atoms with van der Waals surface area (Å²) in [4.78, 5) is 27.0. The minimum atomic E-state index is -0.184. The lowest BCUT2D eigenvalue weighted by Crippen LogP contribution is -2.53. The van der Waals surface area contributed by atoms with Gasteiger partial charge in [0.25, 0.3) is 0 Å². The Morgan fingerprint density at radius 2 is 1.84 bits per heavy atom. The molecule has 1 unspecified atom stereocenters. The van der Waals surface area contributed by atoms with Gasteiger partial charge < -0.3 is 15.0 Å². The molecule has 1 aliphatic heterocycles. The Labute approximate surface area is 120 Å². The van der Waals surface area contributed by atoms with Crippen LogP contribution in [0.25, 0.3) is 0 Å². The molecule has 0 aromatic heterocycles. The molecule has 1 aliphatic rings. The molecule has 19 heavy (non-hydrogen) atoms. The van der Waals surface area contributed by atoms with E-state index in [0.29, 0.717) is 13.0 Å². The van der Waals surface area contributed by atoms with E-state index in [1.165, 1.54) is 7.11 Å². The first kappa shape index (κ1) is 18.1. The van der Waals surface area contributed by atoms with Gasteiger partial charge in [0.1, 0.15) is 0 Å². The number of amides is 1. The molecule has 0 aromatic rings. The van der Waals surface area contributed by atoms with Crippen LogP contribution in [0.15, 0.2) is 0 Å². The molecule has 0 aromatic carbocycles. The Morgan fingerprint density at radius 1 is 1.26 bits per heavy atom. The quantitative estimate of drug-likeness (QED) is 0.707. The number of rotatable bonds is 5. The Balaban J connectivity index is 0.00000324. The fraction of sp³-hybridized carbons (Fsp3) is 0.833. The molecule has 0 bridgehead atoms. The Hall–Kier alpha value is -0.850. The first-order chi connectivity index (χ1) is 8.58. The molecule has 112 valence electrons.